The molecule has 0 heterocycles. The highest BCUT2D eigenvalue weighted by Gasteiger charge is 2.18. The molecule has 21 heavy (non-hydrogen) atoms. The van der Waals surface area contributed by atoms with Gasteiger partial charge >= 0.3 is 6.09 Å². The molecule has 0 aliphatic heterocycles. The summed E-state index contributed by atoms with van der Waals surface area (Å²) in [5.41, 5.74) is 11.5. The number of ether oxygens (including phenoxy) is 1. The van der Waals surface area contributed by atoms with E-state index in [1.54, 1.807) is 0 Å². The van der Waals surface area contributed by atoms with Gasteiger partial charge in [-0.05, 0) is 31.4 Å². The molecule has 0 radical (unpaired) electrons. The van der Waals surface area contributed by atoms with E-state index < -0.39 is 18.0 Å². The Kier molecular flexibility index (Phi) is 10.0. The van der Waals surface area contributed by atoms with E-state index in [0.29, 0.717) is 13.0 Å². The topological polar surface area (TPSA) is 107 Å². The van der Waals surface area contributed by atoms with Crippen LogP contribution in [0.1, 0.15) is 24.8 Å². The molecular weight excluding hydrogens is 294 g/mol. The molecule has 0 fully saturated rings. The molecule has 6 nitrogen and oxygen atoms in total. The van der Waals surface area contributed by atoms with E-state index in [1.165, 1.54) is 0 Å². The van der Waals surface area contributed by atoms with Gasteiger partial charge in [0.05, 0.1) is 0 Å². The molecule has 0 bridgehead atoms. The van der Waals surface area contributed by atoms with Crippen molar-refractivity contribution < 1.29 is 14.3 Å². The third kappa shape index (κ3) is 8.16. The molecule has 1 atom stereocenters. The van der Waals surface area contributed by atoms with E-state index in [1.807, 2.05) is 30.3 Å². The Balaban J connectivity index is 0.00000400. The highest BCUT2D eigenvalue weighted by Crippen LogP contribution is 2.03. The van der Waals surface area contributed by atoms with Crippen LogP contribution in [0, 0.1) is 0 Å². The Bertz CT molecular complexity index is 429. The van der Waals surface area contributed by atoms with Crippen LogP contribution in [0.2, 0.25) is 0 Å². The number of nitrogens with one attached hydrogen (secondary N) is 1. The lowest BCUT2D eigenvalue weighted by atomic mass is 10.1. The molecule has 0 aliphatic rings. The molecule has 1 aromatic carbocycles. The average Bonchev–Trinajstić information content (AvgIpc) is 2.45. The summed E-state index contributed by atoms with van der Waals surface area (Å²) >= 11 is 0. The summed E-state index contributed by atoms with van der Waals surface area (Å²) in [6.07, 6.45) is 1.33. The third-order valence-corrected chi connectivity index (χ3v) is 2.80. The Morgan fingerprint density at radius 2 is 1.86 bits per heavy atom. The SMILES string of the molecule is Cl.NCCCCC(NC(=O)OCc1ccccc1)C(N)=O. The summed E-state index contributed by atoms with van der Waals surface area (Å²) in [5, 5.41) is 2.47. The minimum Gasteiger partial charge on any atom is -0.445 e. The van der Waals surface area contributed by atoms with Gasteiger partial charge in [0, 0.05) is 0 Å². The number of halogens is 1. The molecule has 0 saturated carbocycles. The summed E-state index contributed by atoms with van der Waals surface area (Å²) in [6.45, 7) is 0.699. The number of alkyl carbamates (subject to hydrolysis) is 1. The number of hydrogen-bond donors (Lipinski definition) is 3. The van der Waals surface area contributed by atoms with Crippen LogP contribution < -0.4 is 16.8 Å². The smallest absolute Gasteiger partial charge is 0.408 e. The number of hydrogen-bond acceptors (Lipinski definition) is 4. The van der Waals surface area contributed by atoms with Gasteiger partial charge in [0.2, 0.25) is 5.91 Å². The molecule has 1 aromatic rings. The van der Waals surface area contributed by atoms with Gasteiger partial charge in [0.25, 0.3) is 0 Å². The average molecular weight is 316 g/mol. The Morgan fingerprint density at radius 3 is 2.43 bits per heavy atom. The van der Waals surface area contributed by atoms with E-state index in [4.69, 9.17) is 16.2 Å². The van der Waals surface area contributed by atoms with Crippen molar-refractivity contribution in [3.05, 3.63) is 35.9 Å². The van der Waals surface area contributed by atoms with Crippen LogP contribution in [-0.4, -0.2) is 24.6 Å². The van der Waals surface area contributed by atoms with Gasteiger partial charge in [-0.2, -0.15) is 0 Å². The highest BCUT2D eigenvalue weighted by molar-refractivity contribution is 5.85. The standard InChI is InChI=1S/C14H21N3O3.ClH/c15-9-5-4-8-12(13(16)18)17-14(19)20-10-11-6-2-1-3-7-11;/h1-3,6-7,12H,4-5,8-10,15H2,(H2,16,18)(H,17,19);1H. The lowest BCUT2D eigenvalue weighted by Gasteiger charge is -2.15. The number of rotatable bonds is 8. The minimum absolute atomic E-state index is 0. The maximum Gasteiger partial charge on any atom is 0.408 e. The number of amides is 2. The first-order valence-corrected chi connectivity index (χ1v) is 6.60. The van der Waals surface area contributed by atoms with Crippen LogP contribution in [0.5, 0.6) is 0 Å². The van der Waals surface area contributed by atoms with Gasteiger partial charge in [0.1, 0.15) is 12.6 Å². The van der Waals surface area contributed by atoms with Crippen LogP contribution in [-0.2, 0) is 16.1 Å². The first-order valence-electron chi connectivity index (χ1n) is 6.60. The van der Waals surface area contributed by atoms with Crippen molar-refractivity contribution in [2.75, 3.05) is 6.54 Å². The molecule has 0 aliphatic carbocycles. The zero-order chi connectivity index (χ0) is 14.8. The van der Waals surface area contributed by atoms with Gasteiger partial charge < -0.3 is 21.5 Å². The third-order valence-electron chi connectivity index (χ3n) is 2.80. The van der Waals surface area contributed by atoms with Gasteiger partial charge in [-0.15, -0.1) is 12.4 Å². The number of primary amides is 1. The number of benzene rings is 1. The second-order valence-electron chi connectivity index (χ2n) is 4.45. The Hall–Kier alpha value is -1.79. The monoisotopic (exact) mass is 315 g/mol. The predicted octanol–water partition coefficient (Wildman–Crippen LogP) is 1.32. The fourth-order valence-electron chi connectivity index (χ4n) is 1.69. The van der Waals surface area contributed by atoms with Gasteiger partial charge in [0.15, 0.2) is 0 Å². The summed E-state index contributed by atoms with van der Waals surface area (Å²) in [5.74, 6) is -0.571. The quantitative estimate of drug-likeness (QED) is 0.629. The van der Waals surface area contributed by atoms with Crippen LogP contribution in [0.15, 0.2) is 30.3 Å². The zero-order valence-electron chi connectivity index (χ0n) is 11.8. The Morgan fingerprint density at radius 1 is 1.19 bits per heavy atom. The van der Waals surface area contributed by atoms with Crippen LogP contribution in [0.3, 0.4) is 0 Å². The molecule has 118 valence electrons. The predicted molar refractivity (Wildman–Crippen MR) is 82.9 cm³/mol. The molecule has 1 unspecified atom stereocenters. The number of carbonyl (C=O) groups is 2. The van der Waals surface area contributed by atoms with Crippen LogP contribution >= 0.6 is 12.4 Å². The lowest BCUT2D eigenvalue weighted by Crippen LogP contribution is -2.44. The van der Waals surface area contributed by atoms with E-state index in [9.17, 15) is 9.59 Å². The van der Waals surface area contributed by atoms with Gasteiger partial charge in [-0.25, -0.2) is 4.79 Å². The van der Waals surface area contributed by atoms with Crippen molar-refractivity contribution in [1.82, 2.24) is 5.32 Å². The maximum absolute atomic E-state index is 11.6. The van der Waals surface area contributed by atoms with Gasteiger partial charge in [-0.1, -0.05) is 30.3 Å². The molecule has 0 spiro atoms. The van der Waals surface area contributed by atoms with Crippen molar-refractivity contribution in [3.8, 4) is 0 Å². The van der Waals surface area contributed by atoms with E-state index in [2.05, 4.69) is 5.32 Å². The lowest BCUT2D eigenvalue weighted by molar-refractivity contribution is -0.120. The largest absolute Gasteiger partial charge is 0.445 e. The second-order valence-corrected chi connectivity index (χ2v) is 4.45. The summed E-state index contributed by atoms with van der Waals surface area (Å²) < 4.78 is 5.03. The summed E-state index contributed by atoms with van der Waals surface area (Å²) in [4.78, 5) is 22.8. The van der Waals surface area contributed by atoms with Gasteiger partial charge in [-0.3, -0.25) is 4.79 Å². The molecular formula is C14H22ClN3O3. The fourth-order valence-corrected chi connectivity index (χ4v) is 1.69. The first-order chi connectivity index (χ1) is 9.63. The van der Waals surface area contributed by atoms with Crippen molar-refractivity contribution >= 4 is 24.4 Å². The van der Waals surface area contributed by atoms with Crippen LogP contribution in [0.4, 0.5) is 4.79 Å². The van der Waals surface area contributed by atoms with E-state index >= 15 is 0 Å². The molecule has 0 saturated heterocycles. The number of unbranched alkanes of at least 4 members (excludes halogenated alkanes) is 1. The zero-order valence-corrected chi connectivity index (χ0v) is 12.6. The van der Waals surface area contributed by atoms with Crippen molar-refractivity contribution in [1.29, 1.82) is 0 Å². The molecule has 1 rings (SSSR count). The highest BCUT2D eigenvalue weighted by atomic mass is 35.5. The minimum atomic E-state index is -0.718. The number of nitrogens with two attached hydrogens (primary N) is 2. The normalized spacial score (nSPS) is 11.1. The van der Waals surface area contributed by atoms with Crippen molar-refractivity contribution in [3.63, 3.8) is 0 Å². The summed E-state index contributed by atoms with van der Waals surface area (Å²) in [7, 11) is 0. The molecule has 5 N–H and O–H groups in total. The maximum atomic E-state index is 11.6. The summed E-state index contributed by atoms with van der Waals surface area (Å²) in [6, 6.07) is 8.57. The Labute approximate surface area is 130 Å². The van der Waals surface area contributed by atoms with Crippen molar-refractivity contribution in [2.45, 2.75) is 31.9 Å². The molecule has 7 heteroatoms. The molecule has 2 amide bonds. The van der Waals surface area contributed by atoms with E-state index in [0.717, 1.165) is 18.4 Å². The van der Waals surface area contributed by atoms with E-state index in [-0.39, 0.29) is 19.0 Å². The second kappa shape index (κ2) is 10.9. The van der Waals surface area contributed by atoms with Crippen LogP contribution in [0.25, 0.3) is 0 Å². The fraction of sp³-hybridized carbons (Fsp3) is 0.429. The molecule has 0 aromatic heterocycles. The first kappa shape index (κ1) is 19.2. The number of carbonyl (C=O) groups excluding carboxylic acids is 2. The van der Waals surface area contributed by atoms with Crippen molar-refractivity contribution in [2.24, 2.45) is 11.5 Å².